The van der Waals surface area contributed by atoms with Gasteiger partial charge in [-0.25, -0.2) is 4.79 Å². The van der Waals surface area contributed by atoms with Crippen molar-refractivity contribution in [1.29, 1.82) is 0 Å². The predicted molar refractivity (Wildman–Crippen MR) is 140 cm³/mol. The van der Waals surface area contributed by atoms with Crippen molar-refractivity contribution < 1.29 is 28.8 Å². The van der Waals surface area contributed by atoms with Crippen LogP contribution in [0, 0.1) is 0 Å². The van der Waals surface area contributed by atoms with Gasteiger partial charge in [0.1, 0.15) is 0 Å². The smallest absolute Gasteiger partial charge is 0.380 e. The third-order valence-corrected chi connectivity index (χ3v) is 7.13. The summed E-state index contributed by atoms with van der Waals surface area (Å²) in [5, 5.41) is 16.9. The number of benzene rings is 2. The number of nitrogens with one attached hydrogen (secondary N) is 2. The lowest BCUT2D eigenvalue weighted by molar-refractivity contribution is -0.150. The van der Waals surface area contributed by atoms with Crippen molar-refractivity contribution in [3.05, 3.63) is 64.6 Å². The number of hydrogen-bond donors (Lipinski definition) is 3. The standard InChI is InChI=1S/C27H29N5O7/c1-15-6-7-16(2)32(15)25(35)18-4-3-5-20(14-18)31-12-13-38-22(26(31)36)21(33)24(34)28-19-10-8-17(9-11-19)23-29-27(37)39-30-23/h3-5,8-11,14-16,21-22,33H,6-7,12-13H2,1-2H3,(H,28,34)(H,29,30,37)/t15-,16-,21-,22-/m1/s1. The summed E-state index contributed by atoms with van der Waals surface area (Å²) >= 11 is 0. The first-order valence-electron chi connectivity index (χ1n) is 12.7. The quantitative estimate of drug-likeness (QED) is 0.431. The van der Waals surface area contributed by atoms with E-state index >= 15 is 0 Å². The SMILES string of the molecule is C[C@@H]1CC[C@@H](C)N1C(=O)c1cccc(N2CCO[C@H]([C@@H](O)C(=O)Nc3ccc(-c4noc(=O)[nH]4)cc3)C2=O)c1. The molecule has 2 saturated heterocycles. The highest BCUT2D eigenvalue weighted by Crippen LogP contribution is 2.28. The first kappa shape index (κ1) is 26.3. The fraction of sp³-hybridized carbons (Fsp3) is 0.370. The highest BCUT2D eigenvalue weighted by Gasteiger charge is 2.40. The molecule has 1 aromatic heterocycles. The number of ether oxygens (including phenoxy) is 1. The largest absolute Gasteiger partial charge is 0.439 e. The van der Waals surface area contributed by atoms with E-state index in [4.69, 9.17) is 4.74 Å². The Morgan fingerprint density at radius 3 is 2.49 bits per heavy atom. The van der Waals surface area contributed by atoms with Gasteiger partial charge in [-0.3, -0.25) is 23.9 Å². The van der Waals surface area contributed by atoms with Crippen LogP contribution in [0.4, 0.5) is 11.4 Å². The molecule has 204 valence electrons. The van der Waals surface area contributed by atoms with Gasteiger partial charge < -0.3 is 25.0 Å². The summed E-state index contributed by atoms with van der Waals surface area (Å²) in [4.78, 5) is 56.1. The zero-order valence-corrected chi connectivity index (χ0v) is 21.5. The third-order valence-electron chi connectivity index (χ3n) is 7.13. The molecule has 0 spiro atoms. The molecule has 3 heterocycles. The monoisotopic (exact) mass is 535 g/mol. The van der Waals surface area contributed by atoms with Gasteiger partial charge in [0.15, 0.2) is 18.0 Å². The second-order valence-electron chi connectivity index (χ2n) is 9.77. The molecule has 12 nitrogen and oxygen atoms in total. The van der Waals surface area contributed by atoms with Crippen LogP contribution < -0.4 is 16.0 Å². The van der Waals surface area contributed by atoms with Gasteiger partial charge >= 0.3 is 5.76 Å². The van der Waals surface area contributed by atoms with Crippen LogP contribution in [-0.4, -0.2) is 75.3 Å². The Morgan fingerprint density at radius 1 is 1.10 bits per heavy atom. The lowest BCUT2D eigenvalue weighted by Crippen LogP contribution is -2.55. The lowest BCUT2D eigenvalue weighted by atomic mass is 10.1. The molecule has 5 rings (SSSR count). The number of morpholine rings is 1. The number of aromatic nitrogens is 2. The van der Waals surface area contributed by atoms with E-state index in [9.17, 15) is 24.3 Å². The van der Waals surface area contributed by atoms with Gasteiger partial charge in [-0.15, -0.1) is 0 Å². The number of amides is 3. The van der Waals surface area contributed by atoms with Crippen LogP contribution in [0.5, 0.6) is 0 Å². The molecule has 0 saturated carbocycles. The molecule has 2 aliphatic heterocycles. The van der Waals surface area contributed by atoms with Gasteiger partial charge in [0.25, 0.3) is 17.7 Å². The number of likely N-dealkylation sites (tertiary alicyclic amines) is 1. The maximum Gasteiger partial charge on any atom is 0.439 e. The van der Waals surface area contributed by atoms with E-state index in [1.54, 1.807) is 48.5 Å². The van der Waals surface area contributed by atoms with Crippen LogP contribution in [0.15, 0.2) is 57.8 Å². The number of aliphatic hydroxyl groups excluding tert-OH is 1. The van der Waals surface area contributed by atoms with Crippen molar-refractivity contribution in [3.63, 3.8) is 0 Å². The maximum atomic E-state index is 13.3. The number of anilines is 2. The van der Waals surface area contributed by atoms with Crippen molar-refractivity contribution >= 4 is 29.1 Å². The number of aliphatic hydroxyl groups is 1. The summed E-state index contributed by atoms with van der Waals surface area (Å²) in [7, 11) is 0. The minimum Gasteiger partial charge on any atom is -0.380 e. The topological polar surface area (TPSA) is 158 Å². The van der Waals surface area contributed by atoms with Gasteiger partial charge in [0, 0.05) is 41.1 Å². The molecule has 0 unspecified atom stereocenters. The van der Waals surface area contributed by atoms with Gasteiger partial charge in [-0.2, -0.15) is 0 Å². The Bertz CT molecular complexity index is 1420. The van der Waals surface area contributed by atoms with E-state index in [-0.39, 0.29) is 37.0 Å². The average Bonchev–Trinajstić information content (AvgIpc) is 3.52. The Morgan fingerprint density at radius 2 is 1.82 bits per heavy atom. The molecule has 2 aliphatic rings. The number of H-pyrrole nitrogens is 1. The highest BCUT2D eigenvalue weighted by molar-refractivity contribution is 6.04. The molecule has 2 aromatic carbocycles. The van der Waals surface area contributed by atoms with Crippen LogP contribution in [0.2, 0.25) is 0 Å². The van der Waals surface area contributed by atoms with Crippen molar-refractivity contribution in [2.24, 2.45) is 0 Å². The van der Waals surface area contributed by atoms with Crippen LogP contribution in [-0.2, 0) is 14.3 Å². The molecule has 3 aromatic rings. The molecular weight excluding hydrogens is 506 g/mol. The zero-order chi connectivity index (χ0) is 27.7. The fourth-order valence-electron chi connectivity index (χ4n) is 5.06. The minimum atomic E-state index is -1.78. The molecule has 39 heavy (non-hydrogen) atoms. The van der Waals surface area contributed by atoms with E-state index in [1.165, 1.54) is 4.90 Å². The van der Waals surface area contributed by atoms with E-state index in [2.05, 4.69) is 20.0 Å². The predicted octanol–water partition coefficient (Wildman–Crippen LogP) is 1.77. The van der Waals surface area contributed by atoms with Gasteiger partial charge in [0.05, 0.1) is 6.61 Å². The second kappa shape index (κ2) is 10.8. The lowest BCUT2D eigenvalue weighted by Gasteiger charge is -2.34. The summed E-state index contributed by atoms with van der Waals surface area (Å²) in [5.74, 6) is -1.95. The van der Waals surface area contributed by atoms with Crippen molar-refractivity contribution in [3.8, 4) is 11.4 Å². The molecule has 4 atom stereocenters. The molecule has 3 amide bonds. The summed E-state index contributed by atoms with van der Waals surface area (Å²) in [6, 6.07) is 13.4. The van der Waals surface area contributed by atoms with Crippen LogP contribution in [0.25, 0.3) is 11.4 Å². The normalized spacial score (nSPS) is 22.1. The molecule has 0 aliphatic carbocycles. The number of rotatable bonds is 6. The zero-order valence-electron chi connectivity index (χ0n) is 21.5. The van der Waals surface area contributed by atoms with Crippen LogP contribution >= 0.6 is 0 Å². The van der Waals surface area contributed by atoms with Gasteiger partial charge in [-0.1, -0.05) is 11.2 Å². The summed E-state index contributed by atoms with van der Waals surface area (Å²) < 4.78 is 9.98. The summed E-state index contributed by atoms with van der Waals surface area (Å²) in [6.07, 6.45) is -1.30. The van der Waals surface area contributed by atoms with Crippen LogP contribution in [0.1, 0.15) is 37.0 Å². The molecule has 12 heteroatoms. The third kappa shape index (κ3) is 5.33. The molecule has 0 radical (unpaired) electrons. The number of hydrogen-bond acceptors (Lipinski definition) is 8. The molecule has 0 bridgehead atoms. The van der Waals surface area contributed by atoms with Gasteiger partial charge in [0.2, 0.25) is 0 Å². The van der Waals surface area contributed by atoms with Gasteiger partial charge in [-0.05, 0) is 69.2 Å². The number of nitrogens with zero attached hydrogens (tertiary/aromatic N) is 3. The Labute approximate surface area is 223 Å². The van der Waals surface area contributed by atoms with Crippen molar-refractivity contribution in [1.82, 2.24) is 15.0 Å². The number of aromatic amines is 1. The number of carbonyl (C=O) groups is 3. The Kier molecular flexibility index (Phi) is 7.31. The van der Waals surface area contributed by atoms with E-state index in [0.29, 0.717) is 22.5 Å². The fourth-order valence-corrected chi connectivity index (χ4v) is 5.06. The highest BCUT2D eigenvalue weighted by atomic mass is 16.5. The Hall–Kier alpha value is -4.29. The summed E-state index contributed by atoms with van der Waals surface area (Å²) in [5.41, 5.74) is 1.87. The minimum absolute atomic E-state index is 0.0908. The first-order valence-corrected chi connectivity index (χ1v) is 12.7. The van der Waals surface area contributed by atoms with Crippen molar-refractivity contribution in [2.75, 3.05) is 23.4 Å². The molecular formula is C27H29N5O7. The van der Waals surface area contributed by atoms with E-state index in [1.807, 2.05) is 18.7 Å². The second-order valence-corrected chi connectivity index (χ2v) is 9.77. The van der Waals surface area contributed by atoms with E-state index in [0.717, 1.165) is 12.8 Å². The molecule has 3 N–H and O–H groups in total. The van der Waals surface area contributed by atoms with Crippen LogP contribution in [0.3, 0.4) is 0 Å². The maximum absolute atomic E-state index is 13.3. The van der Waals surface area contributed by atoms with Crippen molar-refractivity contribution in [2.45, 2.75) is 51.0 Å². The summed E-state index contributed by atoms with van der Waals surface area (Å²) in [6.45, 7) is 4.37. The molecule has 2 fully saturated rings. The average molecular weight is 536 g/mol. The first-order chi connectivity index (χ1) is 18.7. The van der Waals surface area contributed by atoms with E-state index < -0.39 is 29.8 Å². The number of carbonyl (C=O) groups excluding carboxylic acids is 3. The Balaban J connectivity index is 1.26.